The second-order valence-electron chi connectivity index (χ2n) is 40.2. The summed E-state index contributed by atoms with van der Waals surface area (Å²) < 4.78 is 7.18. The first-order valence-electron chi connectivity index (χ1n) is 49.9. The van der Waals surface area contributed by atoms with Gasteiger partial charge in [-0.2, -0.15) is 0 Å². The Balaban J connectivity index is 1.06. The maximum Gasteiger partial charge on any atom is 0.409 e. The third-order valence-electron chi connectivity index (χ3n) is 26.8. The van der Waals surface area contributed by atoms with E-state index in [4.69, 9.17) is 10.5 Å². The van der Waals surface area contributed by atoms with Crippen molar-refractivity contribution in [1.29, 1.82) is 0 Å². The van der Waals surface area contributed by atoms with Gasteiger partial charge < -0.3 is 115 Å². The first-order valence-corrected chi connectivity index (χ1v) is 51.6. The Hall–Kier alpha value is -14.5. The van der Waals surface area contributed by atoms with Crippen LogP contribution in [0, 0.1) is 5.41 Å². The maximum absolute atomic E-state index is 16.2. The second kappa shape index (κ2) is 53.4. The van der Waals surface area contributed by atoms with Crippen LogP contribution in [0.25, 0.3) is 10.1 Å². The minimum Gasteiger partial charge on any atom is -0.481 e. The molecule has 149 heavy (non-hydrogen) atoms. The van der Waals surface area contributed by atoms with Crippen molar-refractivity contribution in [3.63, 3.8) is 0 Å². The molecule has 20 N–H and O–H groups in total. The van der Waals surface area contributed by atoms with Crippen molar-refractivity contribution in [1.82, 2.24) is 89.6 Å². The minimum absolute atomic E-state index is 0.00155. The number of aromatic carboxylic acids is 1. The lowest BCUT2D eigenvalue weighted by Gasteiger charge is -2.38. The molecule has 43 nitrogen and oxygen atoms in total. The number of nitrogens with one attached hydrogen (secondary N) is 15. The average Bonchev–Trinajstić information content (AvgIpc) is 1.64. The minimum atomic E-state index is -2.25. The smallest absolute Gasteiger partial charge is 0.409 e. The zero-order valence-corrected chi connectivity index (χ0v) is 87.0. The van der Waals surface area contributed by atoms with Crippen LogP contribution in [0.1, 0.15) is 216 Å². The van der Waals surface area contributed by atoms with Crippen molar-refractivity contribution in [2.75, 3.05) is 32.8 Å². The largest absolute Gasteiger partial charge is 0.481 e. The second-order valence-corrected chi connectivity index (χ2v) is 42.0. The molecule has 0 radical (unpaired) electrons. The van der Waals surface area contributed by atoms with Crippen LogP contribution in [0.5, 0.6) is 0 Å². The first kappa shape index (κ1) is 116. The van der Waals surface area contributed by atoms with Gasteiger partial charge in [-0.05, 0) is 200 Å². The summed E-state index contributed by atoms with van der Waals surface area (Å²) >= 11 is 4.92. The van der Waals surface area contributed by atoms with Crippen molar-refractivity contribution in [2.24, 2.45) is 11.1 Å². The Morgan fingerprint density at radius 3 is 1.74 bits per heavy atom. The van der Waals surface area contributed by atoms with E-state index in [1.54, 1.807) is 111 Å². The van der Waals surface area contributed by atoms with Crippen LogP contribution in [-0.2, 0) is 122 Å². The normalized spacial score (nSPS) is 26.4. The fourth-order valence-corrected chi connectivity index (χ4v) is 20.0. The predicted octanol–water partition coefficient (Wildman–Crippen LogP) is 3.44. The number of thiophene rings is 1. The number of carboxylic acids is 3. The molecule has 0 saturated carbocycles. The Kier molecular flexibility index (Phi) is 41.7. The molecule has 14 atom stereocenters. The van der Waals surface area contributed by atoms with E-state index >= 15 is 43.2 Å². The van der Waals surface area contributed by atoms with E-state index in [2.05, 4.69) is 95.7 Å². The number of nitrogens with two attached hydrogens (primary N) is 1. The first-order chi connectivity index (χ1) is 70.6. The molecule has 45 heteroatoms. The van der Waals surface area contributed by atoms with E-state index < -0.39 is 257 Å². The van der Waals surface area contributed by atoms with Crippen LogP contribution in [-0.4, -0.2) is 271 Å². The summed E-state index contributed by atoms with van der Waals surface area (Å²) in [5, 5.41) is 73.8. The van der Waals surface area contributed by atoms with Crippen molar-refractivity contribution >= 4 is 162 Å². The molecule has 0 unspecified atom stereocenters. The Labute approximate surface area is 874 Å². The molecule has 5 aromatic rings. The zero-order valence-electron chi connectivity index (χ0n) is 84.6. The summed E-state index contributed by atoms with van der Waals surface area (Å²) in [5.41, 5.74) is -2.25. The topological polar surface area (TPSA) is 641 Å². The van der Waals surface area contributed by atoms with Crippen LogP contribution >= 0.6 is 27.3 Å². The number of hydrogen-bond donors (Lipinski definition) is 19. The van der Waals surface area contributed by atoms with Gasteiger partial charge in [-0.3, -0.25) is 91.1 Å². The lowest BCUT2D eigenvalue weighted by atomic mass is 9.83. The van der Waals surface area contributed by atoms with Crippen LogP contribution < -0.4 is 85.5 Å². The molecule has 1 aromatic heterocycles. The lowest BCUT2D eigenvalue weighted by Crippen LogP contribution is -2.66. The van der Waals surface area contributed by atoms with Gasteiger partial charge in [0.2, 0.25) is 100 Å². The highest BCUT2D eigenvalue weighted by Crippen LogP contribution is 2.36. The van der Waals surface area contributed by atoms with Gasteiger partial charge in [0.05, 0.1) is 31.6 Å². The molecule has 6 heterocycles. The molecule has 5 aliphatic heterocycles. The monoisotopic (exact) mass is 2150 g/mol. The number of nitrogens with zero attached hydrogens (tertiary/aromatic N) is 2. The van der Waals surface area contributed by atoms with E-state index in [-0.39, 0.29) is 153 Å². The standard InChI is InChI=1S/C104H135BrN18O25S/c1-60(83(106)130)108-85(132)71-39-40-80(125)107-46-26-22-37-70-91(138)121-103(97(145)116-75(53-65-33-18-20-36-69(65)105)88(135)114-74(87(134)111-71)54-67-58-149-79-38-21-19-35-68(67)79)45-48-122(59-103)99(147)148-49-27-14-10-9-11-23-41-102(42-24-12-13-25-43-104(44-29-47-123(104)62(3)124)98(146)118-77(56-82(128)129)90(137)115-78(93(140)120-102)57-100(4,5)6)96(144)117-76(55-81(126)127)89(136)113-73(52-64-32-28-34-66(50-64)94(141)142)92(139)119-101(7,8)95(143)109-61(2)84(131)112-72(86(133)110-70)51-63-30-16-15-17-31-63/h9-10,13,15-21,25,28,30-36,38,50,58,60-61,70-78H,11-12,14,22-24,26-27,29,37,39-49,51-57,59H2,1-8H3,(H2,106,130)(H,107,125)(H,108,132)(H,109,143)(H,110,133)(H,111,134)(H,112,131)(H,113,136)(H,114,135)(H,115,137)(H,116,145)(H,117,144)(H,118,146)(H,119,139)(H,120,140)(H,121,138)(H,126,127)(H,128,129)(H,141,142)/b10-9+,25-13+/t60-,61-,70-,71-,72-,73-,74-,75-,76-,77-,78-,102-,103-,104-/m0/s1. The molecular formula is C104H135BrN18O25S. The number of carbonyl (C=O) groups excluding carboxylic acids is 18. The molecule has 4 aromatic carbocycles. The van der Waals surface area contributed by atoms with Crippen molar-refractivity contribution in [3.05, 3.63) is 165 Å². The Morgan fingerprint density at radius 1 is 0.530 bits per heavy atom. The third-order valence-corrected chi connectivity index (χ3v) is 28.6. The lowest BCUT2D eigenvalue weighted by molar-refractivity contribution is -0.146. The van der Waals surface area contributed by atoms with Crippen LogP contribution in [0.4, 0.5) is 4.79 Å². The van der Waals surface area contributed by atoms with Gasteiger partial charge in [0.15, 0.2) is 0 Å². The Bertz CT molecular complexity index is 5870. The van der Waals surface area contributed by atoms with E-state index in [1.807, 2.05) is 18.2 Å². The molecule has 5 aliphatic rings. The number of primary amides is 1. The number of halogens is 1. The average molecular weight is 2150 g/mol. The Morgan fingerprint density at radius 2 is 1.08 bits per heavy atom. The van der Waals surface area contributed by atoms with Gasteiger partial charge in [0.25, 0.3) is 0 Å². The molecule has 18 amide bonds. The number of benzene rings is 4. The number of amides is 18. The highest BCUT2D eigenvalue weighted by atomic mass is 79.9. The number of rotatable bonds is 17. The van der Waals surface area contributed by atoms with Crippen molar-refractivity contribution in [3.8, 4) is 0 Å². The molecule has 3 saturated heterocycles. The number of cyclic esters (lactones) is 1. The van der Waals surface area contributed by atoms with Gasteiger partial charge in [0.1, 0.15) is 88.6 Å². The molecule has 3 spiro atoms. The van der Waals surface area contributed by atoms with Gasteiger partial charge in [0, 0.05) is 67.8 Å². The highest BCUT2D eigenvalue weighted by Gasteiger charge is 2.53. The molecule has 804 valence electrons. The summed E-state index contributed by atoms with van der Waals surface area (Å²) in [5.74, 6) is -21.5. The van der Waals surface area contributed by atoms with Crippen molar-refractivity contribution in [2.45, 2.75) is 298 Å². The highest BCUT2D eigenvalue weighted by molar-refractivity contribution is 9.10. The predicted molar refractivity (Wildman–Crippen MR) is 548 cm³/mol. The van der Waals surface area contributed by atoms with E-state index in [0.717, 1.165) is 9.60 Å². The van der Waals surface area contributed by atoms with Crippen LogP contribution in [0.15, 0.2) is 137 Å². The number of likely N-dealkylation sites (tertiary alicyclic amines) is 1. The molecule has 3 fully saturated rings. The van der Waals surface area contributed by atoms with Crippen molar-refractivity contribution < 1.29 is 121 Å². The number of fused-ring (bicyclic) bond motifs is 4. The fraction of sp³-hybridized carbons (Fsp3) is 0.510. The summed E-state index contributed by atoms with van der Waals surface area (Å²) in [6.07, 6.45) is 0.588. The molecular weight excluding hydrogens is 2010 g/mol. The van der Waals surface area contributed by atoms with Gasteiger partial charge >= 0.3 is 24.0 Å². The van der Waals surface area contributed by atoms with Gasteiger partial charge in [-0.25, -0.2) is 9.59 Å². The van der Waals surface area contributed by atoms with Crippen LogP contribution in [0.3, 0.4) is 0 Å². The fourth-order valence-electron chi connectivity index (χ4n) is 18.6. The number of carboxylic acid groups (broad SMARTS) is 3. The third kappa shape index (κ3) is 33.2. The maximum atomic E-state index is 16.2. The molecule has 3 bridgehead atoms. The van der Waals surface area contributed by atoms with E-state index in [9.17, 15) is 72.9 Å². The number of allylic oxidation sites excluding steroid dienone is 3. The number of carbonyl (C=O) groups is 21. The van der Waals surface area contributed by atoms with Gasteiger partial charge in [-0.1, -0.05) is 140 Å². The number of aliphatic carboxylic acids is 2. The number of hydrogen-bond acceptors (Lipinski definition) is 23. The molecule has 10 rings (SSSR count). The quantitative estimate of drug-likeness (QED) is 0.0593. The van der Waals surface area contributed by atoms with Crippen LogP contribution in [0.2, 0.25) is 0 Å². The zero-order chi connectivity index (χ0) is 109. The summed E-state index contributed by atoms with van der Waals surface area (Å²) in [4.78, 5) is 310. The molecule has 0 aliphatic carbocycles. The summed E-state index contributed by atoms with van der Waals surface area (Å²) in [6.45, 7) is 10.1. The van der Waals surface area contributed by atoms with E-state index in [0.29, 0.717) is 33.0 Å². The number of ether oxygens (including phenoxy) is 1. The summed E-state index contributed by atoms with van der Waals surface area (Å²) in [7, 11) is 0. The van der Waals surface area contributed by atoms with E-state index in [1.165, 1.54) is 75.1 Å². The summed E-state index contributed by atoms with van der Waals surface area (Å²) in [6, 6.07) is 8.67. The van der Waals surface area contributed by atoms with Gasteiger partial charge in [-0.15, -0.1) is 11.3 Å². The SMILES string of the molecule is CC(=O)N1CCC[C@]12C/C=C/CCC[C@]1(CCC/C=C/CCCOC(=O)N3CC[C@@]4(C3)NC(=O)[C@H](CCCCNC(=O)CC[C@@H](C(=O)N[C@@H](C)C(N)=O)NC(=O)[C@H](Cc3csc5ccccc35)NC(=O)[C@H](Cc3ccccc3Br)NC4=O)NC(=O)[C@H](Cc3ccccc3)NC(=O)[C@H](C)NC(=O)C(C)(C)NC(=O)[C@H](Cc3cccc(C(=O)O)c3)NC(=O)[C@H](CC(=O)O)NC1=O)NC(=O)[C@H](CC(C)(C)C)NC(=O)[C@H](CC(=O)O)NC2=O.